The Labute approximate surface area is 141 Å². The SMILES string of the molecule is NC(CCc1ccncc1)C(=O)Nc1cc(C2CCOC2)ccn1. The van der Waals surface area contributed by atoms with Crippen LogP contribution in [0.25, 0.3) is 0 Å². The zero-order chi connectivity index (χ0) is 16.8. The molecule has 0 saturated carbocycles. The van der Waals surface area contributed by atoms with E-state index in [1.807, 2.05) is 24.3 Å². The summed E-state index contributed by atoms with van der Waals surface area (Å²) in [6, 6.07) is 7.17. The zero-order valence-electron chi connectivity index (χ0n) is 13.5. The Balaban J connectivity index is 1.54. The van der Waals surface area contributed by atoms with Gasteiger partial charge in [-0.1, -0.05) is 0 Å². The van der Waals surface area contributed by atoms with Crippen molar-refractivity contribution in [2.45, 2.75) is 31.2 Å². The number of ether oxygens (including phenoxy) is 1. The summed E-state index contributed by atoms with van der Waals surface area (Å²) in [4.78, 5) is 20.4. The van der Waals surface area contributed by atoms with E-state index in [0.29, 0.717) is 18.2 Å². The molecular weight excluding hydrogens is 304 g/mol. The smallest absolute Gasteiger partial charge is 0.242 e. The molecule has 2 atom stereocenters. The quantitative estimate of drug-likeness (QED) is 0.846. The first-order valence-corrected chi connectivity index (χ1v) is 8.21. The van der Waals surface area contributed by atoms with Crippen LogP contribution in [0.3, 0.4) is 0 Å². The van der Waals surface area contributed by atoms with Crippen LogP contribution in [0.2, 0.25) is 0 Å². The molecule has 3 rings (SSSR count). The Morgan fingerprint density at radius 3 is 2.92 bits per heavy atom. The maximum atomic E-state index is 12.3. The normalized spacial score (nSPS) is 18.3. The van der Waals surface area contributed by atoms with Gasteiger partial charge in [0.2, 0.25) is 5.91 Å². The monoisotopic (exact) mass is 326 g/mol. The number of rotatable bonds is 6. The lowest BCUT2D eigenvalue weighted by molar-refractivity contribution is -0.117. The van der Waals surface area contributed by atoms with Crippen molar-refractivity contribution >= 4 is 11.7 Å². The lowest BCUT2D eigenvalue weighted by Gasteiger charge is -2.13. The van der Waals surface area contributed by atoms with E-state index >= 15 is 0 Å². The fourth-order valence-electron chi connectivity index (χ4n) is 2.79. The number of nitrogens with one attached hydrogen (secondary N) is 1. The molecule has 0 spiro atoms. The average molecular weight is 326 g/mol. The van der Waals surface area contributed by atoms with Gasteiger partial charge in [-0.25, -0.2) is 4.98 Å². The maximum absolute atomic E-state index is 12.3. The number of hydrogen-bond donors (Lipinski definition) is 2. The van der Waals surface area contributed by atoms with Crippen molar-refractivity contribution in [3.8, 4) is 0 Å². The lowest BCUT2D eigenvalue weighted by atomic mass is 10.00. The first-order valence-electron chi connectivity index (χ1n) is 8.21. The van der Waals surface area contributed by atoms with Crippen LogP contribution in [-0.4, -0.2) is 35.1 Å². The van der Waals surface area contributed by atoms with E-state index in [1.54, 1.807) is 18.6 Å². The first-order chi connectivity index (χ1) is 11.7. The number of nitrogens with two attached hydrogens (primary N) is 1. The standard InChI is InChI=1S/C18H22N4O2/c19-16(2-1-13-3-7-20-8-4-13)18(23)22-17-11-14(5-9-21-17)15-6-10-24-12-15/h3-5,7-9,11,15-16H,1-2,6,10,12,19H2,(H,21,22,23). The minimum atomic E-state index is -0.571. The van der Waals surface area contributed by atoms with Gasteiger partial charge in [-0.2, -0.15) is 0 Å². The highest BCUT2D eigenvalue weighted by Gasteiger charge is 2.19. The predicted octanol–water partition coefficient (Wildman–Crippen LogP) is 1.88. The third-order valence-corrected chi connectivity index (χ3v) is 4.27. The number of nitrogens with zero attached hydrogens (tertiary/aromatic N) is 2. The number of aromatic nitrogens is 2. The van der Waals surface area contributed by atoms with E-state index in [1.165, 1.54) is 0 Å². The van der Waals surface area contributed by atoms with Crippen molar-refractivity contribution in [2.24, 2.45) is 5.73 Å². The molecule has 3 N–H and O–H groups in total. The van der Waals surface area contributed by atoms with E-state index in [2.05, 4.69) is 15.3 Å². The van der Waals surface area contributed by atoms with E-state index < -0.39 is 6.04 Å². The van der Waals surface area contributed by atoms with Gasteiger partial charge in [0.25, 0.3) is 0 Å². The summed E-state index contributed by atoms with van der Waals surface area (Å²) in [6.45, 7) is 1.51. The molecule has 1 fully saturated rings. The number of amides is 1. The highest BCUT2D eigenvalue weighted by Crippen LogP contribution is 2.26. The zero-order valence-corrected chi connectivity index (χ0v) is 13.5. The van der Waals surface area contributed by atoms with Crippen molar-refractivity contribution in [3.05, 3.63) is 54.0 Å². The van der Waals surface area contributed by atoms with Crippen LogP contribution in [0.5, 0.6) is 0 Å². The molecule has 6 nitrogen and oxygen atoms in total. The topological polar surface area (TPSA) is 90.1 Å². The van der Waals surface area contributed by atoms with Crippen LogP contribution in [-0.2, 0) is 16.0 Å². The maximum Gasteiger partial charge on any atom is 0.242 e. The van der Waals surface area contributed by atoms with E-state index in [0.717, 1.165) is 37.2 Å². The Kier molecular flexibility index (Phi) is 5.51. The summed E-state index contributed by atoms with van der Waals surface area (Å²) >= 11 is 0. The van der Waals surface area contributed by atoms with Crippen molar-refractivity contribution < 1.29 is 9.53 Å². The minimum Gasteiger partial charge on any atom is -0.381 e. The van der Waals surface area contributed by atoms with Gasteiger partial charge < -0.3 is 15.8 Å². The number of anilines is 1. The molecule has 3 heterocycles. The molecule has 0 radical (unpaired) electrons. The number of hydrogen-bond acceptors (Lipinski definition) is 5. The largest absolute Gasteiger partial charge is 0.381 e. The van der Waals surface area contributed by atoms with Crippen LogP contribution < -0.4 is 11.1 Å². The van der Waals surface area contributed by atoms with E-state index in [-0.39, 0.29) is 5.91 Å². The number of carbonyl (C=O) groups excluding carboxylic acids is 1. The summed E-state index contributed by atoms with van der Waals surface area (Å²) in [5.41, 5.74) is 8.26. The summed E-state index contributed by atoms with van der Waals surface area (Å²) < 4.78 is 5.41. The van der Waals surface area contributed by atoms with Crippen molar-refractivity contribution in [2.75, 3.05) is 18.5 Å². The molecule has 1 aliphatic rings. The van der Waals surface area contributed by atoms with Crippen LogP contribution in [0.15, 0.2) is 42.9 Å². The van der Waals surface area contributed by atoms with Crippen LogP contribution in [0.1, 0.15) is 29.9 Å². The highest BCUT2D eigenvalue weighted by atomic mass is 16.5. The fraction of sp³-hybridized carbons (Fsp3) is 0.389. The molecule has 2 aromatic heterocycles. The summed E-state index contributed by atoms with van der Waals surface area (Å²) in [5.74, 6) is 0.712. The fourth-order valence-corrected chi connectivity index (χ4v) is 2.79. The predicted molar refractivity (Wildman–Crippen MR) is 91.6 cm³/mol. The minimum absolute atomic E-state index is 0.212. The molecular formula is C18H22N4O2. The van der Waals surface area contributed by atoms with Gasteiger partial charge in [0, 0.05) is 31.1 Å². The Bertz CT molecular complexity index is 672. The summed E-state index contributed by atoms with van der Waals surface area (Å²) in [6.07, 6.45) is 7.51. The van der Waals surface area contributed by atoms with Crippen molar-refractivity contribution in [3.63, 3.8) is 0 Å². The van der Waals surface area contributed by atoms with Gasteiger partial charge in [-0.3, -0.25) is 9.78 Å². The van der Waals surface area contributed by atoms with Gasteiger partial charge >= 0.3 is 0 Å². The van der Waals surface area contributed by atoms with Crippen molar-refractivity contribution in [1.82, 2.24) is 9.97 Å². The Morgan fingerprint density at radius 1 is 1.33 bits per heavy atom. The molecule has 2 aromatic rings. The van der Waals surface area contributed by atoms with Gasteiger partial charge in [-0.05, 0) is 54.7 Å². The molecule has 0 bridgehead atoms. The van der Waals surface area contributed by atoms with E-state index in [9.17, 15) is 4.79 Å². The Hall–Kier alpha value is -2.31. The second-order valence-corrected chi connectivity index (χ2v) is 6.02. The molecule has 1 aliphatic heterocycles. The average Bonchev–Trinajstić information content (AvgIpc) is 3.15. The number of carbonyl (C=O) groups is 1. The molecule has 2 unspecified atom stereocenters. The van der Waals surface area contributed by atoms with Crippen molar-refractivity contribution in [1.29, 1.82) is 0 Å². The second kappa shape index (κ2) is 7.99. The third-order valence-electron chi connectivity index (χ3n) is 4.27. The molecule has 1 saturated heterocycles. The summed E-state index contributed by atoms with van der Waals surface area (Å²) in [7, 11) is 0. The molecule has 6 heteroatoms. The molecule has 0 aliphatic carbocycles. The van der Waals surface area contributed by atoms with Crippen LogP contribution in [0.4, 0.5) is 5.82 Å². The van der Waals surface area contributed by atoms with Gasteiger partial charge in [-0.15, -0.1) is 0 Å². The van der Waals surface area contributed by atoms with Gasteiger partial charge in [0.1, 0.15) is 5.82 Å². The number of pyridine rings is 2. The lowest BCUT2D eigenvalue weighted by Crippen LogP contribution is -2.36. The first kappa shape index (κ1) is 16.5. The summed E-state index contributed by atoms with van der Waals surface area (Å²) in [5, 5.41) is 2.81. The van der Waals surface area contributed by atoms with E-state index in [4.69, 9.17) is 10.5 Å². The Morgan fingerprint density at radius 2 is 2.17 bits per heavy atom. The molecule has 0 aromatic carbocycles. The highest BCUT2D eigenvalue weighted by molar-refractivity contribution is 5.93. The third kappa shape index (κ3) is 4.37. The van der Waals surface area contributed by atoms with Gasteiger partial charge in [0.15, 0.2) is 0 Å². The molecule has 24 heavy (non-hydrogen) atoms. The van der Waals surface area contributed by atoms with Crippen LogP contribution >= 0.6 is 0 Å². The van der Waals surface area contributed by atoms with Gasteiger partial charge in [0.05, 0.1) is 12.6 Å². The second-order valence-electron chi connectivity index (χ2n) is 6.02. The molecule has 126 valence electrons. The molecule has 1 amide bonds. The number of aryl methyl sites for hydroxylation is 1. The van der Waals surface area contributed by atoms with Crippen LogP contribution in [0, 0.1) is 0 Å².